The average Bonchev–Trinajstić information content (AvgIpc) is 2.39. The van der Waals surface area contributed by atoms with Gasteiger partial charge >= 0.3 is 5.70 Å². The second kappa shape index (κ2) is 7.21. The van der Waals surface area contributed by atoms with Crippen LogP contribution in [0.1, 0.15) is 12.5 Å². The van der Waals surface area contributed by atoms with E-state index in [0.717, 1.165) is 5.56 Å². The van der Waals surface area contributed by atoms with E-state index in [1.165, 1.54) is 4.08 Å². The highest BCUT2D eigenvalue weighted by Crippen LogP contribution is 2.68. The number of rotatable bonds is 6. The Morgan fingerprint density at radius 2 is 2.06 bits per heavy atom. The third kappa shape index (κ3) is 3.68. The predicted molar refractivity (Wildman–Crippen MR) is 81.1 cm³/mol. The lowest BCUT2D eigenvalue weighted by molar-refractivity contribution is 0.520. The number of nitrogens with two attached hydrogens (primary N) is 2. The standard InChI is InChI=1S/C9H16N3O2PS3/c1-3-12(15(13,16-10)17-11)18(14)9-6-4-5-8(2)7-9/h4-7H,3,10-11H2,1-2H3. The van der Waals surface area contributed by atoms with Crippen molar-refractivity contribution in [2.45, 2.75) is 18.7 Å². The first-order chi connectivity index (χ1) is 8.48. The third-order valence-electron chi connectivity index (χ3n) is 2.19. The van der Waals surface area contributed by atoms with E-state index in [1.807, 2.05) is 19.1 Å². The highest BCUT2D eigenvalue weighted by molar-refractivity contribution is 8.89. The molecule has 1 unspecified atom stereocenters. The van der Waals surface area contributed by atoms with Crippen molar-refractivity contribution in [3.63, 3.8) is 0 Å². The molecule has 0 aromatic heterocycles. The van der Waals surface area contributed by atoms with Gasteiger partial charge in [-0.15, -0.1) is 0 Å². The van der Waals surface area contributed by atoms with E-state index in [2.05, 4.69) is 0 Å². The van der Waals surface area contributed by atoms with Gasteiger partial charge in [0.1, 0.15) is 0 Å². The molecule has 0 aliphatic heterocycles. The zero-order chi connectivity index (χ0) is 13.8. The summed E-state index contributed by atoms with van der Waals surface area (Å²) in [6.45, 7) is 4.02. The van der Waals surface area contributed by atoms with Crippen molar-refractivity contribution >= 4 is 40.2 Å². The molecule has 102 valence electrons. The first-order valence-corrected chi connectivity index (χ1v) is 10.9. The fraction of sp³-hybridized carbons (Fsp3) is 0.333. The van der Waals surface area contributed by atoms with Gasteiger partial charge in [0.15, 0.2) is 4.90 Å². The summed E-state index contributed by atoms with van der Waals surface area (Å²) >= 11 is -0.215. The van der Waals surface area contributed by atoms with Crippen molar-refractivity contribution in [1.29, 1.82) is 0 Å². The van der Waals surface area contributed by atoms with E-state index in [4.69, 9.17) is 10.3 Å². The van der Waals surface area contributed by atoms with Gasteiger partial charge in [0.2, 0.25) is 0 Å². The van der Waals surface area contributed by atoms with E-state index < -0.39 is 17.1 Å². The number of benzene rings is 1. The molecule has 0 bridgehead atoms. The maximum atomic E-state index is 12.4. The quantitative estimate of drug-likeness (QED) is 0.471. The Morgan fingerprint density at radius 3 is 2.50 bits per heavy atom. The first kappa shape index (κ1) is 16.4. The second-order valence-corrected chi connectivity index (χ2v) is 11.9. The van der Waals surface area contributed by atoms with Gasteiger partial charge < -0.3 is 4.55 Å². The topological polar surface area (TPSA) is 95.4 Å². The maximum Gasteiger partial charge on any atom is 0.325 e. The molecule has 5 nitrogen and oxygen atoms in total. The molecule has 0 saturated heterocycles. The molecule has 0 aliphatic rings. The van der Waals surface area contributed by atoms with Gasteiger partial charge in [0.25, 0.3) is 0 Å². The van der Waals surface area contributed by atoms with Crippen LogP contribution in [-0.4, -0.2) is 15.2 Å². The Labute approximate surface area is 119 Å². The lowest BCUT2D eigenvalue weighted by atomic mass is 10.2. The van der Waals surface area contributed by atoms with Gasteiger partial charge in [-0.05, 0) is 35.6 Å². The van der Waals surface area contributed by atoms with Crippen LogP contribution < -0.4 is 10.3 Å². The van der Waals surface area contributed by atoms with Gasteiger partial charge in [-0.25, -0.2) is 0 Å². The molecule has 1 atom stereocenters. The summed E-state index contributed by atoms with van der Waals surface area (Å²) in [4.78, 5) is 0.597. The summed E-state index contributed by atoms with van der Waals surface area (Å²) in [5.41, 5.74) is -2.11. The van der Waals surface area contributed by atoms with Crippen LogP contribution in [0, 0.1) is 6.92 Å². The molecule has 0 aliphatic carbocycles. The molecule has 0 saturated carbocycles. The highest BCUT2D eigenvalue weighted by Gasteiger charge is 2.39. The van der Waals surface area contributed by atoms with Crippen molar-refractivity contribution < 1.29 is 9.12 Å². The Balaban J connectivity index is 3.06. The van der Waals surface area contributed by atoms with Crippen LogP contribution >= 0.6 is 28.8 Å². The molecule has 1 rings (SSSR count). The molecule has 1 aromatic carbocycles. The van der Waals surface area contributed by atoms with Crippen molar-refractivity contribution in [2.24, 2.45) is 10.3 Å². The maximum absolute atomic E-state index is 12.4. The molecule has 1 aromatic rings. The molecular weight excluding hydrogens is 309 g/mol. The number of nitrogens with zero attached hydrogens (tertiary/aromatic N) is 1. The Hall–Kier alpha value is 0.340. The molecule has 0 heterocycles. The number of hydrogen-bond acceptors (Lipinski definition) is 6. The summed E-state index contributed by atoms with van der Waals surface area (Å²) < 4.78 is 26.2. The average molecular weight is 325 g/mol. The SMILES string of the molecule is CCN([S+]([O-])c1cccc(C)c1)P(=O)(SN)SN. The van der Waals surface area contributed by atoms with Crippen LogP contribution in [0.25, 0.3) is 0 Å². The minimum absolute atomic E-state index is 0.340. The summed E-state index contributed by atoms with van der Waals surface area (Å²) in [5.74, 6) is 0. The lowest BCUT2D eigenvalue weighted by Gasteiger charge is -2.26. The van der Waals surface area contributed by atoms with Crippen molar-refractivity contribution in [3.05, 3.63) is 29.8 Å². The van der Waals surface area contributed by atoms with Crippen LogP contribution in [0.5, 0.6) is 0 Å². The summed E-state index contributed by atoms with van der Waals surface area (Å²) in [7, 11) is 0. The van der Waals surface area contributed by atoms with Crippen LogP contribution in [-0.2, 0) is 15.9 Å². The van der Waals surface area contributed by atoms with E-state index in [0.29, 0.717) is 34.6 Å². The van der Waals surface area contributed by atoms with Crippen molar-refractivity contribution in [1.82, 2.24) is 4.08 Å². The van der Waals surface area contributed by atoms with E-state index >= 15 is 0 Å². The van der Waals surface area contributed by atoms with Gasteiger partial charge in [0.05, 0.1) is 17.9 Å². The molecule has 9 heteroatoms. The molecule has 18 heavy (non-hydrogen) atoms. The Kier molecular flexibility index (Phi) is 6.57. The Morgan fingerprint density at radius 1 is 1.44 bits per heavy atom. The molecule has 0 spiro atoms. The summed E-state index contributed by atoms with van der Waals surface area (Å²) in [5, 5.41) is 10.8. The Bertz CT molecular complexity index is 441. The van der Waals surface area contributed by atoms with Crippen LogP contribution in [0.3, 0.4) is 0 Å². The number of aryl methyl sites for hydroxylation is 1. The van der Waals surface area contributed by atoms with Crippen LogP contribution in [0.4, 0.5) is 0 Å². The second-order valence-electron chi connectivity index (χ2n) is 3.41. The smallest absolute Gasteiger partial charge is 0.325 e. The molecule has 4 N–H and O–H groups in total. The van der Waals surface area contributed by atoms with Crippen molar-refractivity contribution in [2.75, 3.05) is 6.54 Å². The number of hydrogen-bond donors (Lipinski definition) is 2. The highest BCUT2D eigenvalue weighted by atomic mass is 33.1. The minimum atomic E-state index is -3.11. The summed E-state index contributed by atoms with van der Waals surface area (Å²) in [6.07, 6.45) is 0. The van der Waals surface area contributed by atoms with Gasteiger partial charge in [0, 0.05) is 23.1 Å². The molecule has 0 fully saturated rings. The van der Waals surface area contributed by atoms with Gasteiger partial charge in [-0.3, -0.25) is 14.8 Å². The lowest BCUT2D eigenvalue weighted by Crippen LogP contribution is -2.27. The van der Waals surface area contributed by atoms with E-state index in [-0.39, 0.29) is 0 Å². The van der Waals surface area contributed by atoms with Gasteiger partial charge in [-0.2, -0.15) is 0 Å². The zero-order valence-corrected chi connectivity index (χ0v) is 13.5. The largest absolute Gasteiger partial charge is 0.592 e. The minimum Gasteiger partial charge on any atom is -0.592 e. The monoisotopic (exact) mass is 325 g/mol. The van der Waals surface area contributed by atoms with Crippen LogP contribution in [0.15, 0.2) is 29.2 Å². The fourth-order valence-electron chi connectivity index (χ4n) is 1.36. The summed E-state index contributed by atoms with van der Waals surface area (Å²) in [6, 6.07) is 7.25. The zero-order valence-electron chi connectivity index (χ0n) is 10.1. The van der Waals surface area contributed by atoms with Gasteiger partial charge in [-0.1, -0.05) is 12.1 Å². The predicted octanol–water partition coefficient (Wildman–Crippen LogP) is 2.66. The third-order valence-corrected chi connectivity index (χ3v) is 10.9. The van der Waals surface area contributed by atoms with E-state index in [9.17, 15) is 9.12 Å². The fourth-order valence-corrected chi connectivity index (χ4v) is 7.64. The van der Waals surface area contributed by atoms with Crippen LogP contribution in [0.2, 0.25) is 0 Å². The normalized spacial score (nSPS) is 13.9. The molecular formula is C9H16N3O2PS3. The van der Waals surface area contributed by atoms with E-state index in [1.54, 1.807) is 19.1 Å². The molecule has 0 amide bonds. The molecule has 0 radical (unpaired) electrons. The first-order valence-electron chi connectivity index (χ1n) is 5.12. The van der Waals surface area contributed by atoms with Crippen molar-refractivity contribution in [3.8, 4) is 0 Å².